The molecule has 92 valence electrons. The quantitative estimate of drug-likeness (QED) is 0.819. The Morgan fingerprint density at radius 2 is 1.67 bits per heavy atom. The van der Waals surface area contributed by atoms with Gasteiger partial charge in [0.05, 0.1) is 0 Å². The van der Waals surface area contributed by atoms with Gasteiger partial charge in [0.15, 0.2) is 0 Å². The van der Waals surface area contributed by atoms with E-state index in [1.54, 1.807) is 0 Å². The molecule has 0 aliphatic heterocycles. The minimum atomic E-state index is -1.28. The van der Waals surface area contributed by atoms with E-state index in [1.807, 2.05) is 24.3 Å². The molecule has 0 radical (unpaired) electrons. The first-order valence-electron chi connectivity index (χ1n) is 5.87. The van der Waals surface area contributed by atoms with Gasteiger partial charge in [0.1, 0.15) is 17.2 Å². The highest BCUT2D eigenvalue weighted by Gasteiger charge is 2.38. The summed E-state index contributed by atoms with van der Waals surface area (Å²) < 4.78 is 26.6. The van der Waals surface area contributed by atoms with Crippen molar-refractivity contribution in [2.24, 2.45) is 0 Å². The maximum Gasteiger partial charge on any atom is 0.126 e. The maximum absolute atomic E-state index is 13.3. The molecule has 0 heterocycles. The molecule has 1 atom stereocenters. The van der Waals surface area contributed by atoms with Gasteiger partial charge in [-0.3, -0.25) is 0 Å². The van der Waals surface area contributed by atoms with Crippen LogP contribution in [-0.2, 0) is 12.0 Å². The molecule has 0 amide bonds. The monoisotopic (exact) mass is 246 g/mol. The fourth-order valence-corrected chi connectivity index (χ4v) is 2.68. The standard InChI is InChI=1S/C15H12F2O/c16-12-7-11(8-13(17)9-12)15(18)6-5-10-3-1-2-4-14(10)15/h1-4,7-9,18H,5-6H2. The smallest absolute Gasteiger partial charge is 0.126 e. The van der Waals surface area contributed by atoms with Crippen LogP contribution in [-0.4, -0.2) is 5.11 Å². The van der Waals surface area contributed by atoms with E-state index in [9.17, 15) is 13.9 Å². The normalized spacial score (nSPS) is 21.9. The summed E-state index contributed by atoms with van der Waals surface area (Å²) in [4.78, 5) is 0. The maximum atomic E-state index is 13.3. The van der Waals surface area contributed by atoms with Crippen molar-refractivity contribution >= 4 is 0 Å². The Kier molecular flexibility index (Phi) is 2.45. The lowest BCUT2D eigenvalue weighted by Gasteiger charge is -2.24. The summed E-state index contributed by atoms with van der Waals surface area (Å²) in [5, 5.41) is 10.7. The van der Waals surface area contributed by atoms with Gasteiger partial charge < -0.3 is 5.11 Å². The number of rotatable bonds is 1. The molecule has 1 aliphatic carbocycles. The average Bonchev–Trinajstić information content (AvgIpc) is 2.68. The molecule has 0 aromatic heterocycles. The number of halogens is 2. The van der Waals surface area contributed by atoms with Crippen molar-refractivity contribution in [2.75, 3.05) is 0 Å². The second kappa shape index (κ2) is 3.89. The molecule has 2 aromatic carbocycles. The predicted molar refractivity (Wildman–Crippen MR) is 64.1 cm³/mol. The van der Waals surface area contributed by atoms with Gasteiger partial charge in [0, 0.05) is 6.07 Å². The SMILES string of the molecule is OC1(c2cc(F)cc(F)c2)CCc2ccccc21. The molecule has 1 nitrogen and oxygen atoms in total. The third kappa shape index (κ3) is 1.63. The second-order valence-electron chi connectivity index (χ2n) is 4.68. The third-order valence-electron chi connectivity index (χ3n) is 3.56. The molecule has 18 heavy (non-hydrogen) atoms. The van der Waals surface area contributed by atoms with Crippen LogP contribution < -0.4 is 0 Å². The molecule has 1 unspecified atom stereocenters. The number of aryl methyl sites for hydroxylation is 1. The molecule has 3 heteroatoms. The van der Waals surface area contributed by atoms with E-state index in [0.717, 1.165) is 17.2 Å². The lowest BCUT2D eigenvalue weighted by molar-refractivity contribution is 0.0822. The molecule has 0 fully saturated rings. The van der Waals surface area contributed by atoms with Gasteiger partial charge in [-0.05, 0) is 41.7 Å². The Labute approximate surface area is 104 Å². The van der Waals surface area contributed by atoms with Crippen LogP contribution in [0.4, 0.5) is 8.78 Å². The fourth-order valence-electron chi connectivity index (χ4n) is 2.68. The van der Waals surface area contributed by atoms with Crippen LogP contribution in [0.25, 0.3) is 0 Å². The highest BCUT2D eigenvalue weighted by Crippen LogP contribution is 2.42. The lowest BCUT2D eigenvalue weighted by atomic mass is 9.88. The Bertz CT molecular complexity index is 589. The van der Waals surface area contributed by atoms with Crippen LogP contribution in [0.15, 0.2) is 42.5 Å². The third-order valence-corrected chi connectivity index (χ3v) is 3.56. The largest absolute Gasteiger partial charge is 0.380 e. The van der Waals surface area contributed by atoms with Gasteiger partial charge in [-0.2, -0.15) is 0 Å². The second-order valence-corrected chi connectivity index (χ2v) is 4.68. The van der Waals surface area contributed by atoms with E-state index in [2.05, 4.69) is 0 Å². The molecule has 0 bridgehead atoms. The van der Waals surface area contributed by atoms with E-state index in [0.29, 0.717) is 12.8 Å². The van der Waals surface area contributed by atoms with Crippen LogP contribution in [0, 0.1) is 11.6 Å². The number of aliphatic hydroxyl groups is 1. The van der Waals surface area contributed by atoms with E-state index < -0.39 is 17.2 Å². The average molecular weight is 246 g/mol. The molecule has 1 aliphatic rings. The van der Waals surface area contributed by atoms with Gasteiger partial charge in [-0.1, -0.05) is 24.3 Å². The van der Waals surface area contributed by atoms with Crippen LogP contribution >= 0.6 is 0 Å². The van der Waals surface area contributed by atoms with Gasteiger partial charge in [0.2, 0.25) is 0 Å². The highest BCUT2D eigenvalue weighted by molar-refractivity contribution is 5.45. The minimum absolute atomic E-state index is 0.282. The van der Waals surface area contributed by atoms with Crippen molar-refractivity contribution in [2.45, 2.75) is 18.4 Å². The lowest BCUT2D eigenvalue weighted by Crippen LogP contribution is -2.24. The Balaban J connectivity index is 2.17. The first-order valence-corrected chi connectivity index (χ1v) is 5.87. The van der Waals surface area contributed by atoms with Crippen molar-refractivity contribution < 1.29 is 13.9 Å². The molecular weight excluding hydrogens is 234 g/mol. The van der Waals surface area contributed by atoms with E-state index >= 15 is 0 Å². The first-order chi connectivity index (χ1) is 8.59. The first kappa shape index (κ1) is 11.4. The minimum Gasteiger partial charge on any atom is -0.380 e. The summed E-state index contributed by atoms with van der Waals surface area (Å²) in [5.74, 6) is -1.33. The predicted octanol–water partition coefficient (Wildman–Crippen LogP) is 3.15. The summed E-state index contributed by atoms with van der Waals surface area (Å²) in [6.45, 7) is 0. The van der Waals surface area contributed by atoms with Crippen LogP contribution in [0.2, 0.25) is 0 Å². The Hall–Kier alpha value is -1.74. The number of hydrogen-bond acceptors (Lipinski definition) is 1. The fraction of sp³-hybridized carbons (Fsp3) is 0.200. The highest BCUT2D eigenvalue weighted by atomic mass is 19.1. The molecule has 1 N–H and O–H groups in total. The summed E-state index contributed by atoms with van der Waals surface area (Å²) in [7, 11) is 0. The summed E-state index contributed by atoms with van der Waals surface area (Å²) in [6.07, 6.45) is 1.17. The van der Waals surface area contributed by atoms with Gasteiger partial charge in [-0.25, -0.2) is 8.78 Å². The zero-order valence-corrected chi connectivity index (χ0v) is 9.66. The van der Waals surface area contributed by atoms with Gasteiger partial charge in [0.25, 0.3) is 0 Å². The van der Waals surface area contributed by atoms with Crippen LogP contribution in [0.5, 0.6) is 0 Å². The topological polar surface area (TPSA) is 20.2 Å². The molecule has 2 aromatic rings. The molecular formula is C15H12F2O. The summed E-state index contributed by atoms with van der Waals surface area (Å²) in [5.41, 5.74) is 0.782. The van der Waals surface area contributed by atoms with Crippen LogP contribution in [0.1, 0.15) is 23.1 Å². The zero-order valence-electron chi connectivity index (χ0n) is 9.66. The van der Waals surface area contributed by atoms with Crippen molar-refractivity contribution in [1.82, 2.24) is 0 Å². The van der Waals surface area contributed by atoms with Crippen molar-refractivity contribution in [1.29, 1.82) is 0 Å². The van der Waals surface area contributed by atoms with E-state index in [4.69, 9.17) is 0 Å². The van der Waals surface area contributed by atoms with E-state index in [-0.39, 0.29) is 5.56 Å². The number of hydrogen-bond donors (Lipinski definition) is 1. The van der Waals surface area contributed by atoms with Crippen molar-refractivity contribution in [3.8, 4) is 0 Å². The van der Waals surface area contributed by atoms with E-state index in [1.165, 1.54) is 12.1 Å². The van der Waals surface area contributed by atoms with Gasteiger partial charge in [-0.15, -0.1) is 0 Å². The summed E-state index contributed by atoms with van der Waals surface area (Å²) in [6, 6.07) is 10.7. The summed E-state index contributed by atoms with van der Waals surface area (Å²) >= 11 is 0. The molecule has 0 saturated heterocycles. The van der Waals surface area contributed by atoms with Crippen molar-refractivity contribution in [3.05, 3.63) is 70.8 Å². The van der Waals surface area contributed by atoms with Crippen molar-refractivity contribution in [3.63, 3.8) is 0 Å². The number of fused-ring (bicyclic) bond motifs is 1. The molecule has 0 saturated carbocycles. The molecule has 0 spiro atoms. The number of benzene rings is 2. The zero-order chi connectivity index (χ0) is 12.8. The Morgan fingerprint density at radius 1 is 1.00 bits per heavy atom. The van der Waals surface area contributed by atoms with Gasteiger partial charge >= 0.3 is 0 Å². The Morgan fingerprint density at radius 3 is 2.39 bits per heavy atom. The van der Waals surface area contributed by atoms with Crippen LogP contribution in [0.3, 0.4) is 0 Å². The molecule has 3 rings (SSSR count).